The van der Waals surface area contributed by atoms with Crippen LogP contribution >= 0.6 is 0 Å². The summed E-state index contributed by atoms with van der Waals surface area (Å²) in [6, 6.07) is 16.6. The van der Waals surface area contributed by atoms with Crippen LogP contribution in [0.5, 0.6) is 11.5 Å². The first-order valence-electron chi connectivity index (χ1n) is 12.1. The van der Waals surface area contributed by atoms with Crippen molar-refractivity contribution < 1.29 is 37.0 Å². The number of nitrogens with one attached hydrogen (secondary N) is 3. The first-order chi connectivity index (χ1) is 19.1. The van der Waals surface area contributed by atoms with Crippen LogP contribution in [0.1, 0.15) is 29.2 Å². The normalized spacial score (nSPS) is 11.1. The molecule has 40 heavy (non-hydrogen) atoms. The molecule has 3 aromatic carbocycles. The number of para-hydroxylation sites is 1. The van der Waals surface area contributed by atoms with Gasteiger partial charge in [-0.25, -0.2) is 5.43 Å². The highest BCUT2D eigenvalue weighted by atomic mass is 19.4. The van der Waals surface area contributed by atoms with Crippen LogP contribution in [0, 0.1) is 6.92 Å². The SMILES string of the molecule is CCOc1cc(/C=N\NC(=O)C(=O)NCc2ccc(C)cc2)ccc1OCC(=O)Nc1ccccc1C(F)(F)F. The standard InChI is InChI=1S/C28H27F3N4O5/c1-3-39-24-14-20(16-33-35-27(38)26(37)32-15-19-10-8-18(2)9-11-19)12-13-23(24)40-17-25(36)34-22-7-5-4-6-21(22)28(29,30)31/h4-14,16H,3,15,17H2,1-2H3,(H,32,37)(H,34,36)(H,35,38)/b33-16-. The van der Waals surface area contributed by atoms with Crippen molar-refractivity contribution in [1.82, 2.24) is 10.7 Å². The second-order valence-corrected chi connectivity index (χ2v) is 8.39. The monoisotopic (exact) mass is 556 g/mol. The first-order valence-corrected chi connectivity index (χ1v) is 12.1. The predicted molar refractivity (Wildman–Crippen MR) is 142 cm³/mol. The Kier molecular flexibility index (Phi) is 10.2. The van der Waals surface area contributed by atoms with E-state index in [1.54, 1.807) is 13.0 Å². The molecule has 12 heteroatoms. The molecule has 0 aliphatic heterocycles. The third kappa shape index (κ3) is 8.86. The van der Waals surface area contributed by atoms with Crippen molar-refractivity contribution >= 4 is 29.6 Å². The Morgan fingerprint density at radius 3 is 2.35 bits per heavy atom. The maximum absolute atomic E-state index is 13.2. The highest BCUT2D eigenvalue weighted by Crippen LogP contribution is 2.34. The van der Waals surface area contributed by atoms with Crippen molar-refractivity contribution in [2.45, 2.75) is 26.6 Å². The van der Waals surface area contributed by atoms with Gasteiger partial charge in [-0.3, -0.25) is 14.4 Å². The van der Waals surface area contributed by atoms with Gasteiger partial charge in [0.05, 0.1) is 24.1 Å². The number of hydrogen-bond donors (Lipinski definition) is 3. The van der Waals surface area contributed by atoms with Crippen molar-refractivity contribution in [3.63, 3.8) is 0 Å². The molecule has 0 saturated heterocycles. The molecule has 0 atom stereocenters. The zero-order valence-corrected chi connectivity index (χ0v) is 21.7. The number of ether oxygens (including phenoxy) is 2. The summed E-state index contributed by atoms with van der Waals surface area (Å²) in [5, 5.41) is 8.47. The average molecular weight is 557 g/mol. The summed E-state index contributed by atoms with van der Waals surface area (Å²) in [5.74, 6) is -2.21. The van der Waals surface area contributed by atoms with Gasteiger partial charge in [0.2, 0.25) is 0 Å². The second-order valence-electron chi connectivity index (χ2n) is 8.39. The zero-order chi connectivity index (χ0) is 29.1. The molecule has 0 spiro atoms. The van der Waals surface area contributed by atoms with Crippen LogP contribution in [-0.4, -0.2) is 37.1 Å². The largest absolute Gasteiger partial charge is 0.490 e. The van der Waals surface area contributed by atoms with Gasteiger partial charge in [-0.1, -0.05) is 42.0 Å². The van der Waals surface area contributed by atoms with Crippen LogP contribution in [0.2, 0.25) is 0 Å². The van der Waals surface area contributed by atoms with E-state index in [9.17, 15) is 27.6 Å². The molecule has 9 nitrogen and oxygen atoms in total. The number of halogens is 3. The van der Waals surface area contributed by atoms with Crippen LogP contribution < -0.4 is 25.5 Å². The van der Waals surface area contributed by atoms with Gasteiger partial charge in [-0.2, -0.15) is 18.3 Å². The zero-order valence-electron chi connectivity index (χ0n) is 21.7. The fraction of sp³-hybridized carbons (Fsp3) is 0.214. The topological polar surface area (TPSA) is 118 Å². The number of benzene rings is 3. The van der Waals surface area contributed by atoms with Crippen molar-refractivity contribution in [1.29, 1.82) is 0 Å². The first kappa shape index (κ1) is 29.7. The van der Waals surface area contributed by atoms with Crippen LogP contribution in [0.25, 0.3) is 0 Å². The molecular formula is C28H27F3N4O5. The molecule has 3 aromatic rings. The maximum atomic E-state index is 13.2. The fourth-order valence-corrected chi connectivity index (χ4v) is 3.35. The summed E-state index contributed by atoms with van der Waals surface area (Å²) in [6.07, 6.45) is -3.35. The molecule has 0 radical (unpaired) electrons. The Bertz CT molecular complexity index is 1380. The van der Waals surface area contributed by atoms with E-state index in [1.807, 2.05) is 31.2 Å². The molecule has 0 heterocycles. The predicted octanol–water partition coefficient (Wildman–Crippen LogP) is 4.20. The number of aryl methyl sites for hydroxylation is 1. The number of carbonyl (C=O) groups excluding carboxylic acids is 3. The Morgan fingerprint density at radius 2 is 1.65 bits per heavy atom. The average Bonchev–Trinajstić information content (AvgIpc) is 2.92. The number of hydrazone groups is 1. The minimum absolute atomic E-state index is 0.165. The molecule has 210 valence electrons. The summed E-state index contributed by atoms with van der Waals surface area (Å²) in [6.45, 7) is 3.52. The Hall–Kier alpha value is -4.87. The van der Waals surface area contributed by atoms with E-state index in [1.165, 1.54) is 30.5 Å². The van der Waals surface area contributed by atoms with Gasteiger partial charge in [0.15, 0.2) is 18.1 Å². The van der Waals surface area contributed by atoms with E-state index in [4.69, 9.17) is 9.47 Å². The molecule has 0 fully saturated rings. The highest BCUT2D eigenvalue weighted by Gasteiger charge is 2.33. The molecule has 0 aliphatic rings. The lowest BCUT2D eigenvalue weighted by molar-refractivity contribution is -0.139. The van der Waals surface area contributed by atoms with Crippen molar-refractivity contribution in [2.75, 3.05) is 18.5 Å². The van der Waals surface area contributed by atoms with E-state index >= 15 is 0 Å². The molecule has 0 bridgehead atoms. The van der Waals surface area contributed by atoms with Gasteiger partial charge < -0.3 is 20.1 Å². The van der Waals surface area contributed by atoms with Gasteiger partial charge in [0.1, 0.15) is 0 Å². The smallest absolute Gasteiger partial charge is 0.418 e. The number of nitrogens with zero attached hydrogens (tertiary/aromatic N) is 1. The lowest BCUT2D eigenvalue weighted by Crippen LogP contribution is -2.37. The minimum atomic E-state index is -4.63. The van der Waals surface area contributed by atoms with E-state index < -0.39 is 36.1 Å². The molecule has 3 amide bonds. The van der Waals surface area contributed by atoms with Crippen LogP contribution in [0.3, 0.4) is 0 Å². The lowest BCUT2D eigenvalue weighted by atomic mass is 10.1. The highest BCUT2D eigenvalue weighted by molar-refractivity contribution is 6.35. The summed E-state index contributed by atoms with van der Waals surface area (Å²) >= 11 is 0. The van der Waals surface area contributed by atoms with Gasteiger partial charge in [0, 0.05) is 6.54 Å². The summed E-state index contributed by atoms with van der Waals surface area (Å²) in [5.41, 5.74) is 3.16. The maximum Gasteiger partial charge on any atom is 0.418 e. The number of rotatable bonds is 10. The van der Waals surface area contributed by atoms with Gasteiger partial charge in [-0.05, 0) is 55.3 Å². The minimum Gasteiger partial charge on any atom is -0.490 e. The fourth-order valence-electron chi connectivity index (χ4n) is 3.35. The molecule has 3 N–H and O–H groups in total. The second kappa shape index (κ2) is 13.8. The molecule has 0 saturated carbocycles. The summed E-state index contributed by atoms with van der Waals surface area (Å²) in [7, 11) is 0. The molecule has 0 unspecified atom stereocenters. The summed E-state index contributed by atoms with van der Waals surface area (Å²) < 4.78 is 50.4. The Morgan fingerprint density at radius 1 is 0.925 bits per heavy atom. The van der Waals surface area contributed by atoms with Crippen LogP contribution in [0.15, 0.2) is 71.8 Å². The Balaban J connectivity index is 1.55. The number of anilines is 1. The van der Waals surface area contributed by atoms with Gasteiger partial charge in [-0.15, -0.1) is 0 Å². The van der Waals surface area contributed by atoms with E-state index in [0.29, 0.717) is 5.56 Å². The third-order valence-electron chi connectivity index (χ3n) is 5.29. The number of alkyl halides is 3. The van der Waals surface area contributed by atoms with Crippen LogP contribution in [-0.2, 0) is 27.1 Å². The van der Waals surface area contributed by atoms with Gasteiger partial charge in [0.25, 0.3) is 5.91 Å². The van der Waals surface area contributed by atoms with E-state index in [2.05, 4.69) is 21.2 Å². The summed E-state index contributed by atoms with van der Waals surface area (Å²) in [4.78, 5) is 36.3. The third-order valence-corrected chi connectivity index (χ3v) is 5.29. The number of carbonyl (C=O) groups is 3. The lowest BCUT2D eigenvalue weighted by Gasteiger charge is -2.15. The molecule has 3 rings (SSSR count). The van der Waals surface area contributed by atoms with Gasteiger partial charge >= 0.3 is 18.0 Å². The number of amides is 3. The van der Waals surface area contributed by atoms with Crippen molar-refractivity contribution in [3.05, 3.63) is 89.0 Å². The number of hydrogen-bond acceptors (Lipinski definition) is 6. The molecule has 0 aromatic heterocycles. The van der Waals surface area contributed by atoms with E-state index in [0.717, 1.165) is 23.3 Å². The van der Waals surface area contributed by atoms with E-state index in [-0.39, 0.29) is 30.3 Å². The van der Waals surface area contributed by atoms with Crippen molar-refractivity contribution in [3.8, 4) is 11.5 Å². The van der Waals surface area contributed by atoms with Crippen LogP contribution in [0.4, 0.5) is 18.9 Å². The van der Waals surface area contributed by atoms with Crippen molar-refractivity contribution in [2.24, 2.45) is 5.10 Å². The Labute approximate surface area is 228 Å². The molecular weight excluding hydrogens is 529 g/mol. The quantitative estimate of drug-likeness (QED) is 0.197. The molecule has 0 aliphatic carbocycles.